The summed E-state index contributed by atoms with van der Waals surface area (Å²) < 4.78 is 5.04. The van der Waals surface area contributed by atoms with Gasteiger partial charge >= 0.3 is 6.09 Å². The second-order valence-electron chi connectivity index (χ2n) is 7.12. The number of primary amides is 1. The summed E-state index contributed by atoms with van der Waals surface area (Å²) >= 11 is 0. The zero-order chi connectivity index (χ0) is 16.6. The van der Waals surface area contributed by atoms with Gasteiger partial charge in [0.1, 0.15) is 6.61 Å². The van der Waals surface area contributed by atoms with E-state index in [1.165, 1.54) is 0 Å². The SMILES string of the molecule is CC1=C(C)C(=O)C2=C(C1=O)C(COC(N)=O)C1C2CC2C1N2C. The molecule has 6 unspecified atom stereocenters. The minimum absolute atomic E-state index is 0.00220. The van der Waals surface area contributed by atoms with E-state index in [1.807, 2.05) is 0 Å². The first-order valence-electron chi connectivity index (χ1n) is 7.99. The number of ketones is 2. The predicted octanol–water partition coefficient (Wildman–Crippen LogP) is 0.815. The van der Waals surface area contributed by atoms with Crippen molar-refractivity contribution in [3.05, 3.63) is 22.3 Å². The minimum Gasteiger partial charge on any atom is -0.449 e. The van der Waals surface area contributed by atoms with Crippen molar-refractivity contribution in [2.75, 3.05) is 13.7 Å². The van der Waals surface area contributed by atoms with Gasteiger partial charge in [0.25, 0.3) is 0 Å². The lowest BCUT2D eigenvalue weighted by atomic mass is 9.82. The number of fused-ring (bicyclic) bond motifs is 4. The summed E-state index contributed by atoms with van der Waals surface area (Å²) in [4.78, 5) is 38.9. The van der Waals surface area contributed by atoms with Crippen molar-refractivity contribution in [3.8, 4) is 0 Å². The van der Waals surface area contributed by atoms with Crippen LogP contribution in [-0.4, -0.2) is 48.3 Å². The average Bonchev–Trinajstić information content (AvgIpc) is 2.87. The van der Waals surface area contributed by atoms with Crippen LogP contribution in [0.15, 0.2) is 22.3 Å². The number of nitrogens with zero attached hydrogens (tertiary/aromatic N) is 1. The van der Waals surface area contributed by atoms with Crippen LogP contribution in [0.1, 0.15) is 20.3 Å². The lowest BCUT2D eigenvalue weighted by molar-refractivity contribution is -0.116. The number of nitrogens with two attached hydrogens (primary N) is 1. The van der Waals surface area contributed by atoms with Crippen LogP contribution in [-0.2, 0) is 14.3 Å². The van der Waals surface area contributed by atoms with E-state index in [-0.39, 0.29) is 35.9 Å². The Hall–Kier alpha value is -1.95. The highest BCUT2D eigenvalue weighted by Gasteiger charge is 2.66. The molecule has 0 aromatic rings. The number of piperidine rings is 1. The molecule has 23 heavy (non-hydrogen) atoms. The van der Waals surface area contributed by atoms with E-state index in [0.29, 0.717) is 34.4 Å². The number of amides is 1. The minimum atomic E-state index is -0.840. The number of Topliss-reactive ketones (excluding diaryl/α,β-unsaturated/α-hetero) is 2. The summed E-state index contributed by atoms with van der Waals surface area (Å²) in [6, 6.07) is 0.846. The lowest BCUT2D eigenvalue weighted by Crippen LogP contribution is -2.30. The molecule has 0 radical (unpaired) electrons. The number of rotatable bonds is 2. The van der Waals surface area contributed by atoms with E-state index in [1.54, 1.807) is 13.8 Å². The van der Waals surface area contributed by atoms with Gasteiger partial charge in [0.2, 0.25) is 0 Å². The molecule has 0 bridgehead atoms. The zero-order valence-corrected chi connectivity index (χ0v) is 13.5. The fraction of sp³-hybridized carbons (Fsp3) is 0.588. The first-order valence-corrected chi connectivity index (χ1v) is 7.99. The van der Waals surface area contributed by atoms with Crippen LogP contribution < -0.4 is 5.73 Å². The van der Waals surface area contributed by atoms with Crippen molar-refractivity contribution in [1.82, 2.24) is 4.90 Å². The molecule has 3 aliphatic carbocycles. The Bertz CT molecular complexity index is 720. The number of likely N-dealkylation sites (tertiary alicyclic amines) is 1. The summed E-state index contributed by atoms with van der Waals surface area (Å²) in [5.41, 5.74) is 7.44. The van der Waals surface area contributed by atoms with Gasteiger partial charge in [-0.1, -0.05) is 0 Å². The fourth-order valence-electron chi connectivity index (χ4n) is 5.03. The summed E-state index contributed by atoms with van der Waals surface area (Å²) in [5.74, 6) is -0.0119. The van der Waals surface area contributed by atoms with Gasteiger partial charge in [-0.05, 0) is 39.2 Å². The Morgan fingerprint density at radius 2 is 1.83 bits per heavy atom. The quantitative estimate of drug-likeness (QED) is 0.601. The van der Waals surface area contributed by atoms with E-state index < -0.39 is 6.09 Å². The van der Waals surface area contributed by atoms with E-state index in [4.69, 9.17) is 10.5 Å². The summed E-state index contributed by atoms with van der Waals surface area (Å²) in [6.45, 7) is 3.51. The van der Waals surface area contributed by atoms with Crippen LogP contribution in [0.2, 0.25) is 0 Å². The number of likely N-dealkylation sites (N-methyl/N-ethyl adjacent to an activating group) is 1. The molecule has 1 saturated carbocycles. The molecule has 6 atom stereocenters. The first kappa shape index (κ1) is 14.6. The molecule has 1 amide bonds. The standard InChI is InChI=1S/C17H20N2O4/c1-6-7(2)16(21)13-9(5-23-17(18)22)11-8(12(13)15(6)20)4-10-14(11)19(10)3/h8-11,14H,4-5H2,1-3H3,(H2,18,22). The van der Waals surface area contributed by atoms with Gasteiger partial charge in [0.15, 0.2) is 11.6 Å². The van der Waals surface area contributed by atoms with E-state index >= 15 is 0 Å². The van der Waals surface area contributed by atoms with Crippen LogP contribution in [0.4, 0.5) is 4.79 Å². The average molecular weight is 316 g/mol. The zero-order valence-electron chi connectivity index (χ0n) is 13.5. The van der Waals surface area contributed by atoms with E-state index in [9.17, 15) is 14.4 Å². The van der Waals surface area contributed by atoms with E-state index in [2.05, 4.69) is 11.9 Å². The highest BCUT2D eigenvalue weighted by atomic mass is 16.5. The van der Waals surface area contributed by atoms with Gasteiger partial charge in [0, 0.05) is 40.3 Å². The third-order valence-corrected chi connectivity index (χ3v) is 6.29. The third kappa shape index (κ3) is 1.75. The highest BCUT2D eigenvalue weighted by molar-refractivity contribution is 6.25. The molecule has 1 heterocycles. The molecule has 1 saturated heterocycles. The number of hydrogen-bond acceptors (Lipinski definition) is 5. The van der Waals surface area contributed by atoms with Crippen LogP contribution in [0.5, 0.6) is 0 Å². The number of hydrogen-bond donors (Lipinski definition) is 1. The van der Waals surface area contributed by atoms with Gasteiger partial charge < -0.3 is 10.5 Å². The smallest absolute Gasteiger partial charge is 0.404 e. The lowest BCUT2D eigenvalue weighted by Gasteiger charge is -2.23. The highest BCUT2D eigenvalue weighted by Crippen LogP contribution is 2.61. The Labute approximate surface area is 134 Å². The third-order valence-electron chi connectivity index (χ3n) is 6.29. The van der Waals surface area contributed by atoms with Crippen molar-refractivity contribution in [1.29, 1.82) is 0 Å². The van der Waals surface area contributed by atoms with Crippen LogP contribution >= 0.6 is 0 Å². The Balaban J connectivity index is 1.76. The first-order chi connectivity index (χ1) is 10.8. The van der Waals surface area contributed by atoms with E-state index in [0.717, 1.165) is 6.42 Å². The largest absolute Gasteiger partial charge is 0.449 e. The van der Waals surface area contributed by atoms with Crippen LogP contribution in [0.3, 0.4) is 0 Å². The summed E-state index contributed by atoms with van der Waals surface area (Å²) in [7, 11) is 2.06. The number of allylic oxidation sites excluding steroid dienone is 3. The number of carbonyl (C=O) groups excluding carboxylic acids is 3. The van der Waals surface area contributed by atoms with Gasteiger partial charge in [-0.15, -0.1) is 0 Å². The Morgan fingerprint density at radius 1 is 1.22 bits per heavy atom. The van der Waals surface area contributed by atoms with Crippen molar-refractivity contribution >= 4 is 17.7 Å². The maximum atomic E-state index is 12.8. The molecule has 0 spiro atoms. The van der Waals surface area contributed by atoms with Crippen molar-refractivity contribution in [2.24, 2.45) is 23.5 Å². The molecule has 122 valence electrons. The maximum Gasteiger partial charge on any atom is 0.404 e. The molecule has 4 aliphatic rings. The molecule has 6 heteroatoms. The molecule has 0 aromatic carbocycles. The molecule has 0 aromatic heterocycles. The predicted molar refractivity (Wildman–Crippen MR) is 81.4 cm³/mol. The van der Waals surface area contributed by atoms with Crippen LogP contribution in [0, 0.1) is 17.8 Å². The molecular weight excluding hydrogens is 296 g/mol. The maximum absolute atomic E-state index is 12.8. The molecule has 2 fully saturated rings. The normalized spacial score (nSPS) is 41.0. The topological polar surface area (TPSA) is 89.5 Å². The molecule has 1 aliphatic heterocycles. The monoisotopic (exact) mass is 316 g/mol. The Kier molecular flexibility index (Phi) is 2.89. The summed E-state index contributed by atoms with van der Waals surface area (Å²) in [6.07, 6.45) is 0.0654. The number of carbonyl (C=O) groups is 3. The second kappa shape index (κ2) is 4.54. The van der Waals surface area contributed by atoms with Gasteiger partial charge in [0.05, 0.1) is 0 Å². The van der Waals surface area contributed by atoms with Crippen molar-refractivity contribution in [3.63, 3.8) is 0 Å². The van der Waals surface area contributed by atoms with Crippen molar-refractivity contribution < 1.29 is 19.1 Å². The summed E-state index contributed by atoms with van der Waals surface area (Å²) in [5, 5.41) is 0. The molecular formula is C17H20N2O4. The fourth-order valence-corrected chi connectivity index (χ4v) is 5.03. The van der Waals surface area contributed by atoms with Gasteiger partial charge in [-0.25, -0.2) is 4.79 Å². The van der Waals surface area contributed by atoms with Crippen molar-refractivity contribution in [2.45, 2.75) is 32.4 Å². The molecule has 6 nitrogen and oxygen atoms in total. The molecule has 4 rings (SSSR count). The molecule has 2 N–H and O–H groups in total. The van der Waals surface area contributed by atoms with Crippen LogP contribution in [0.25, 0.3) is 0 Å². The van der Waals surface area contributed by atoms with Gasteiger partial charge in [-0.3, -0.25) is 14.5 Å². The van der Waals surface area contributed by atoms with Gasteiger partial charge in [-0.2, -0.15) is 0 Å². The second-order valence-corrected chi connectivity index (χ2v) is 7.12. The Morgan fingerprint density at radius 3 is 2.43 bits per heavy atom. The number of ether oxygens (including phenoxy) is 1.